The van der Waals surface area contributed by atoms with E-state index in [2.05, 4.69) is 52.3 Å². The maximum absolute atomic E-state index is 4.61. The molecule has 2 atom stereocenters. The van der Waals surface area contributed by atoms with E-state index in [0.29, 0.717) is 5.92 Å². The molecule has 0 aliphatic carbocycles. The largest absolute Gasteiger partial charge is 0.334 e. The summed E-state index contributed by atoms with van der Waals surface area (Å²) < 4.78 is 2.28. The van der Waals surface area contributed by atoms with Crippen LogP contribution >= 0.6 is 11.8 Å². The Morgan fingerprint density at radius 2 is 2.30 bits per heavy atom. The summed E-state index contributed by atoms with van der Waals surface area (Å²) in [6, 6.07) is 9.04. The molecule has 0 saturated heterocycles. The molecular weight excluding hydrogens is 266 g/mol. The van der Waals surface area contributed by atoms with Crippen LogP contribution in [0, 0.1) is 0 Å². The van der Waals surface area contributed by atoms with Gasteiger partial charge in [0.15, 0.2) is 0 Å². The minimum Gasteiger partial charge on any atom is -0.334 e. The van der Waals surface area contributed by atoms with Crippen molar-refractivity contribution in [3.63, 3.8) is 0 Å². The van der Waals surface area contributed by atoms with Crippen molar-refractivity contribution in [3.8, 4) is 0 Å². The highest BCUT2D eigenvalue weighted by molar-refractivity contribution is 7.99. The summed E-state index contributed by atoms with van der Waals surface area (Å²) in [6.07, 6.45) is 5.15. The first-order valence-corrected chi connectivity index (χ1v) is 8.23. The first-order chi connectivity index (χ1) is 9.85. The maximum atomic E-state index is 4.61. The van der Waals surface area contributed by atoms with Crippen LogP contribution in [0.25, 0.3) is 0 Å². The molecule has 1 aromatic heterocycles. The fraction of sp³-hybridized carbons (Fsp3) is 0.438. The summed E-state index contributed by atoms with van der Waals surface area (Å²) in [6.45, 7) is 3.24. The lowest BCUT2D eigenvalue weighted by Gasteiger charge is -2.24. The third-order valence-corrected chi connectivity index (χ3v) is 5.15. The molecule has 0 fully saturated rings. The van der Waals surface area contributed by atoms with Gasteiger partial charge in [-0.15, -0.1) is 11.8 Å². The lowest BCUT2D eigenvalue weighted by molar-refractivity contribution is 0.460. The lowest BCUT2D eigenvalue weighted by atomic mass is 9.93. The molecule has 1 aliphatic rings. The Hall–Kier alpha value is -1.26. The molecule has 0 saturated carbocycles. The standard InChI is InChI=1S/C16H21N3S/c1-3-9-19-10-8-18-16(19)15(17-2)13-11-20-14-7-5-4-6-12(13)14/h4-8,10,13,15,17H,3,9,11H2,1-2H3. The predicted octanol–water partition coefficient (Wildman–Crippen LogP) is 3.44. The van der Waals surface area contributed by atoms with E-state index in [1.54, 1.807) is 0 Å². The zero-order chi connectivity index (χ0) is 13.9. The van der Waals surface area contributed by atoms with Gasteiger partial charge in [-0.1, -0.05) is 25.1 Å². The number of hydrogen-bond donors (Lipinski definition) is 1. The fourth-order valence-corrected chi connectivity index (χ4v) is 4.30. The highest BCUT2D eigenvalue weighted by Crippen LogP contribution is 2.45. The number of nitrogens with zero attached hydrogens (tertiary/aromatic N) is 2. The van der Waals surface area contributed by atoms with Crippen molar-refractivity contribution in [2.45, 2.75) is 36.7 Å². The van der Waals surface area contributed by atoms with E-state index in [0.717, 1.165) is 24.5 Å². The van der Waals surface area contributed by atoms with Crippen molar-refractivity contribution in [3.05, 3.63) is 48.0 Å². The van der Waals surface area contributed by atoms with Gasteiger partial charge in [-0.2, -0.15) is 0 Å². The van der Waals surface area contributed by atoms with Crippen molar-refractivity contribution in [1.82, 2.24) is 14.9 Å². The molecule has 3 rings (SSSR count). The van der Waals surface area contributed by atoms with Gasteiger partial charge < -0.3 is 9.88 Å². The summed E-state index contributed by atoms with van der Waals surface area (Å²) in [5, 5.41) is 3.49. The second-order valence-corrected chi connectivity index (χ2v) is 6.26. The molecule has 1 N–H and O–H groups in total. The van der Waals surface area contributed by atoms with E-state index < -0.39 is 0 Å². The van der Waals surface area contributed by atoms with E-state index in [9.17, 15) is 0 Å². The lowest BCUT2D eigenvalue weighted by Crippen LogP contribution is -2.27. The molecule has 2 unspecified atom stereocenters. The number of aryl methyl sites for hydroxylation is 1. The van der Waals surface area contributed by atoms with Crippen LogP contribution in [0.4, 0.5) is 0 Å². The van der Waals surface area contributed by atoms with Gasteiger partial charge >= 0.3 is 0 Å². The van der Waals surface area contributed by atoms with Crippen molar-refractivity contribution < 1.29 is 0 Å². The maximum Gasteiger partial charge on any atom is 0.126 e. The molecule has 3 nitrogen and oxygen atoms in total. The third kappa shape index (κ3) is 2.38. The van der Waals surface area contributed by atoms with Crippen molar-refractivity contribution >= 4 is 11.8 Å². The fourth-order valence-electron chi connectivity index (χ4n) is 3.00. The van der Waals surface area contributed by atoms with Gasteiger partial charge in [0, 0.05) is 35.5 Å². The van der Waals surface area contributed by atoms with E-state index in [1.807, 2.05) is 25.0 Å². The van der Waals surface area contributed by atoms with E-state index in [4.69, 9.17) is 0 Å². The van der Waals surface area contributed by atoms with Crippen LogP contribution in [0.2, 0.25) is 0 Å². The quantitative estimate of drug-likeness (QED) is 0.913. The molecule has 0 amide bonds. The Morgan fingerprint density at radius 1 is 1.45 bits per heavy atom. The summed E-state index contributed by atoms with van der Waals surface area (Å²) in [5.74, 6) is 2.79. The molecule has 4 heteroatoms. The number of fused-ring (bicyclic) bond motifs is 1. The van der Waals surface area contributed by atoms with Gasteiger partial charge in [0.05, 0.1) is 6.04 Å². The Labute approximate surface area is 124 Å². The average Bonchev–Trinajstić information content (AvgIpc) is 3.09. The number of imidazole rings is 1. The summed E-state index contributed by atoms with van der Waals surface area (Å²) in [4.78, 5) is 6.04. The summed E-state index contributed by atoms with van der Waals surface area (Å²) in [5.41, 5.74) is 1.46. The van der Waals surface area contributed by atoms with Crippen molar-refractivity contribution in [2.75, 3.05) is 12.8 Å². The zero-order valence-corrected chi connectivity index (χ0v) is 12.9. The van der Waals surface area contributed by atoms with Crippen LogP contribution in [-0.2, 0) is 6.54 Å². The second kappa shape index (κ2) is 6.02. The predicted molar refractivity (Wildman–Crippen MR) is 84.2 cm³/mol. The van der Waals surface area contributed by atoms with Crippen molar-refractivity contribution in [1.29, 1.82) is 0 Å². The van der Waals surface area contributed by atoms with Crippen LogP contribution in [-0.4, -0.2) is 22.4 Å². The van der Waals surface area contributed by atoms with Gasteiger partial charge in [-0.25, -0.2) is 4.98 Å². The van der Waals surface area contributed by atoms with Gasteiger partial charge in [0.1, 0.15) is 5.82 Å². The smallest absolute Gasteiger partial charge is 0.126 e. The van der Waals surface area contributed by atoms with Gasteiger partial charge in [0.2, 0.25) is 0 Å². The number of thioether (sulfide) groups is 1. The average molecular weight is 287 g/mol. The van der Waals surface area contributed by atoms with Gasteiger partial charge in [-0.3, -0.25) is 0 Å². The van der Waals surface area contributed by atoms with Crippen LogP contribution in [0.5, 0.6) is 0 Å². The van der Waals surface area contributed by atoms with Crippen LogP contribution in [0.15, 0.2) is 41.6 Å². The number of hydrogen-bond acceptors (Lipinski definition) is 3. The highest BCUT2D eigenvalue weighted by Gasteiger charge is 2.32. The van der Waals surface area contributed by atoms with Gasteiger partial charge in [-0.05, 0) is 25.1 Å². The molecular formula is C16H21N3S. The molecule has 20 heavy (non-hydrogen) atoms. The molecule has 1 aromatic carbocycles. The number of aromatic nitrogens is 2. The summed E-state index contributed by atoms with van der Waals surface area (Å²) in [7, 11) is 2.04. The molecule has 0 radical (unpaired) electrons. The topological polar surface area (TPSA) is 29.9 Å². The Balaban J connectivity index is 1.93. The normalized spacial score (nSPS) is 19.0. The monoisotopic (exact) mass is 287 g/mol. The SMILES string of the molecule is CCCn1ccnc1C(NC)C1CSc2ccccc21. The molecule has 2 aromatic rings. The number of rotatable bonds is 5. The van der Waals surface area contributed by atoms with Crippen LogP contribution < -0.4 is 5.32 Å². The number of likely N-dealkylation sites (N-methyl/N-ethyl adjacent to an activating group) is 1. The zero-order valence-electron chi connectivity index (χ0n) is 12.0. The molecule has 1 aliphatic heterocycles. The highest BCUT2D eigenvalue weighted by atomic mass is 32.2. The van der Waals surface area contributed by atoms with Crippen molar-refractivity contribution in [2.24, 2.45) is 0 Å². The molecule has 2 heterocycles. The first kappa shape index (κ1) is 13.7. The van der Waals surface area contributed by atoms with Gasteiger partial charge in [0.25, 0.3) is 0 Å². The van der Waals surface area contributed by atoms with E-state index in [1.165, 1.54) is 10.5 Å². The number of benzene rings is 1. The van der Waals surface area contributed by atoms with E-state index >= 15 is 0 Å². The third-order valence-electron chi connectivity index (χ3n) is 3.94. The Kier molecular flexibility index (Phi) is 4.13. The van der Waals surface area contributed by atoms with Crippen LogP contribution in [0.1, 0.15) is 36.7 Å². The summed E-state index contributed by atoms with van der Waals surface area (Å²) >= 11 is 1.96. The first-order valence-electron chi connectivity index (χ1n) is 7.25. The second-order valence-electron chi connectivity index (χ2n) is 5.20. The van der Waals surface area contributed by atoms with Crippen LogP contribution in [0.3, 0.4) is 0 Å². The minimum atomic E-state index is 0.285. The minimum absolute atomic E-state index is 0.285. The Morgan fingerprint density at radius 3 is 3.10 bits per heavy atom. The Bertz CT molecular complexity index is 579. The molecule has 0 spiro atoms. The molecule has 0 bridgehead atoms. The van der Waals surface area contributed by atoms with E-state index in [-0.39, 0.29) is 6.04 Å². The number of nitrogens with one attached hydrogen (secondary N) is 1. The molecule has 106 valence electrons.